The molecule has 1 aromatic carbocycles. The van der Waals surface area contributed by atoms with Gasteiger partial charge in [0.25, 0.3) is 0 Å². The fraction of sp³-hybridized carbons (Fsp3) is 0.400. The largest absolute Gasteiger partial charge is 0.491 e. The van der Waals surface area contributed by atoms with Crippen LogP contribution in [0, 0.1) is 13.8 Å². The summed E-state index contributed by atoms with van der Waals surface area (Å²) in [4.78, 5) is 20.7. The van der Waals surface area contributed by atoms with E-state index in [0.717, 1.165) is 30.2 Å². The third-order valence-electron chi connectivity index (χ3n) is 4.52. The van der Waals surface area contributed by atoms with Crippen LogP contribution in [0.1, 0.15) is 11.1 Å². The van der Waals surface area contributed by atoms with Crippen LogP contribution in [-0.4, -0.2) is 55.2 Å². The molecule has 1 fully saturated rings. The number of rotatable bonds is 5. The number of aryl methyl sites for hydroxylation is 2. The highest BCUT2D eigenvalue weighted by atomic mass is 16.5. The zero-order valence-electron chi connectivity index (χ0n) is 15.4. The number of pyridine rings is 1. The van der Waals surface area contributed by atoms with Crippen LogP contribution < -0.4 is 15.0 Å². The molecule has 1 N–H and O–H groups in total. The van der Waals surface area contributed by atoms with Gasteiger partial charge in [-0.15, -0.1) is 0 Å². The molecule has 0 atom stereocenters. The molecule has 138 valence electrons. The molecule has 0 radical (unpaired) electrons. The summed E-state index contributed by atoms with van der Waals surface area (Å²) in [5, 5.41) is 2.94. The van der Waals surface area contributed by atoms with Crippen molar-refractivity contribution in [2.75, 3.05) is 44.2 Å². The number of piperazine rings is 1. The van der Waals surface area contributed by atoms with E-state index < -0.39 is 0 Å². The first-order valence-corrected chi connectivity index (χ1v) is 9.02. The van der Waals surface area contributed by atoms with Crippen molar-refractivity contribution in [1.82, 2.24) is 15.2 Å². The molecule has 0 unspecified atom stereocenters. The number of anilines is 1. The molecule has 26 heavy (non-hydrogen) atoms. The van der Waals surface area contributed by atoms with Gasteiger partial charge in [0.2, 0.25) is 0 Å². The van der Waals surface area contributed by atoms with Gasteiger partial charge in [-0.3, -0.25) is 0 Å². The molecule has 6 nitrogen and oxygen atoms in total. The molecule has 1 saturated heterocycles. The second-order valence-corrected chi connectivity index (χ2v) is 6.51. The highest BCUT2D eigenvalue weighted by Gasteiger charge is 2.21. The van der Waals surface area contributed by atoms with Crippen LogP contribution >= 0.6 is 0 Å². The van der Waals surface area contributed by atoms with Gasteiger partial charge in [0.15, 0.2) is 0 Å². The highest BCUT2D eigenvalue weighted by Crippen LogP contribution is 2.18. The Morgan fingerprint density at radius 2 is 1.96 bits per heavy atom. The summed E-state index contributed by atoms with van der Waals surface area (Å²) in [5.74, 6) is 1.85. The van der Waals surface area contributed by atoms with E-state index in [9.17, 15) is 4.79 Å². The Balaban J connectivity index is 1.39. The first kappa shape index (κ1) is 18.0. The lowest BCUT2D eigenvalue weighted by Crippen LogP contribution is -2.52. The lowest BCUT2D eigenvalue weighted by atomic mass is 10.1. The monoisotopic (exact) mass is 354 g/mol. The molecule has 3 rings (SSSR count). The molecule has 1 aliphatic rings. The number of carbonyl (C=O) groups is 1. The standard InChI is InChI=1S/C20H26N4O2/c1-16-6-7-17(2)18(15-16)26-14-9-22-20(25)24-12-10-23(11-13-24)19-5-3-4-8-21-19/h3-8,15H,9-14H2,1-2H3,(H,22,25). The zero-order valence-corrected chi connectivity index (χ0v) is 15.4. The van der Waals surface area contributed by atoms with Gasteiger partial charge in [-0.25, -0.2) is 9.78 Å². The Hall–Kier alpha value is -2.76. The van der Waals surface area contributed by atoms with Crippen molar-refractivity contribution in [1.29, 1.82) is 0 Å². The number of benzene rings is 1. The maximum absolute atomic E-state index is 12.3. The Bertz CT molecular complexity index is 728. The van der Waals surface area contributed by atoms with Crippen LogP contribution in [0.5, 0.6) is 5.75 Å². The minimum Gasteiger partial charge on any atom is -0.491 e. The SMILES string of the molecule is Cc1ccc(C)c(OCCNC(=O)N2CCN(c3ccccn3)CC2)c1. The fourth-order valence-electron chi connectivity index (χ4n) is 2.97. The maximum Gasteiger partial charge on any atom is 0.317 e. The smallest absolute Gasteiger partial charge is 0.317 e. The van der Waals surface area contributed by atoms with E-state index in [1.807, 2.05) is 49.1 Å². The number of amides is 2. The van der Waals surface area contributed by atoms with Crippen molar-refractivity contribution in [3.63, 3.8) is 0 Å². The highest BCUT2D eigenvalue weighted by molar-refractivity contribution is 5.74. The van der Waals surface area contributed by atoms with E-state index in [0.29, 0.717) is 26.2 Å². The number of hydrogen-bond acceptors (Lipinski definition) is 4. The lowest BCUT2D eigenvalue weighted by Gasteiger charge is -2.35. The molecule has 2 heterocycles. The van der Waals surface area contributed by atoms with Gasteiger partial charge in [-0.2, -0.15) is 0 Å². The van der Waals surface area contributed by atoms with Gasteiger partial charge >= 0.3 is 6.03 Å². The Labute approximate surface area is 154 Å². The van der Waals surface area contributed by atoms with Crippen molar-refractivity contribution < 1.29 is 9.53 Å². The van der Waals surface area contributed by atoms with Gasteiger partial charge in [-0.05, 0) is 43.2 Å². The number of hydrogen-bond donors (Lipinski definition) is 1. The van der Waals surface area contributed by atoms with Crippen LogP contribution in [0.4, 0.5) is 10.6 Å². The third-order valence-corrected chi connectivity index (χ3v) is 4.52. The Kier molecular flexibility index (Phi) is 5.94. The van der Waals surface area contributed by atoms with E-state index in [-0.39, 0.29) is 6.03 Å². The van der Waals surface area contributed by atoms with Gasteiger partial charge in [0.05, 0.1) is 6.54 Å². The van der Waals surface area contributed by atoms with E-state index in [2.05, 4.69) is 21.3 Å². The Morgan fingerprint density at radius 3 is 2.69 bits per heavy atom. The summed E-state index contributed by atoms with van der Waals surface area (Å²) in [5.41, 5.74) is 2.27. The van der Waals surface area contributed by atoms with E-state index >= 15 is 0 Å². The predicted octanol–water partition coefficient (Wildman–Crippen LogP) is 2.61. The minimum atomic E-state index is -0.0322. The van der Waals surface area contributed by atoms with Crippen LogP contribution in [0.25, 0.3) is 0 Å². The van der Waals surface area contributed by atoms with Crippen molar-refractivity contribution in [2.45, 2.75) is 13.8 Å². The van der Waals surface area contributed by atoms with Gasteiger partial charge < -0.3 is 19.9 Å². The van der Waals surface area contributed by atoms with E-state index in [1.54, 1.807) is 6.20 Å². The molecule has 0 aliphatic carbocycles. The molecular weight excluding hydrogens is 328 g/mol. The number of nitrogens with zero attached hydrogens (tertiary/aromatic N) is 3. The number of carbonyl (C=O) groups excluding carboxylic acids is 1. The second kappa shape index (κ2) is 8.56. The molecule has 6 heteroatoms. The molecule has 0 bridgehead atoms. The first-order valence-electron chi connectivity index (χ1n) is 9.02. The number of ether oxygens (including phenoxy) is 1. The summed E-state index contributed by atoms with van der Waals surface area (Å²) in [6, 6.07) is 12.0. The molecule has 2 amide bonds. The third kappa shape index (κ3) is 4.65. The Morgan fingerprint density at radius 1 is 1.15 bits per heavy atom. The van der Waals surface area contributed by atoms with Gasteiger partial charge in [0, 0.05) is 32.4 Å². The number of aromatic nitrogens is 1. The molecule has 1 aromatic heterocycles. The fourth-order valence-corrected chi connectivity index (χ4v) is 2.97. The van der Waals surface area contributed by atoms with Crippen molar-refractivity contribution in [3.8, 4) is 5.75 Å². The summed E-state index contributed by atoms with van der Waals surface area (Å²) < 4.78 is 5.78. The normalized spacial score (nSPS) is 14.2. The van der Waals surface area contributed by atoms with Crippen LogP contribution in [0.2, 0.25) is 0 Å². The quantitative estimate of drug-likeness (QED) is 0.839. The zero-order chi connectivity index (χ0) is 18.4. The maximum atomic E-state index is 12.3. The molecule has 0 saturated carbocycles. The summed E-state index contributed by atoms with van der Waals surface area (Å²) in [6.45, 7) is 8.00. The van der Waals surface area contributed by atoms with E-state index in [1.165, 1.54) is 5.56 Å². The molecular formula is C20H26N4O2. The van der Waals surface area contributed by atoms with Gasteiger partial charge in [-0.1, -0.05) is 18.2 Å². The van der Waals surface area contributed by atoms with Crippen molar-refractivity contribution in [3.05, 3.63) is 53.7 Å². The lowest BCUT2D eigenvalue weighted by molar-refractivity contribution is 0.191. The first-order chi connectivity index (χ1) is 12.6. The average Bonchev–Trinajstić information content (AvgIpc) is 2.68. The van der Waals surface area contributed by atoms with Crippen molar-refractivity contribution >= 4 is 11.8 Å². The van der Waals surface area contributed by atoms with Crippen LogP contribution in [0.15, 0.2) is 42.6 Å². The summed E-state index contributed by atoms with van der Waals surface area (Å²) in [6.07, 6.45) is 1.80. The molecule has 0 spiro atoms. The van der Waals surface area contributed by atoms with E-state index in [4.69, 9.17) is 4.74 Å². The second-order valence-electron chi connectivity index (χ2n) is 6.51. The predicted molar refractivity (Wildman–Crippen MR) is 103 cm³/mol. The number of nitrogens with one attached hydrogen (secondary N) is 1. The van der Waals surface area contributed by atoms with Crippen molar-refractivity contribution in [2.24, 2.45) is 0 Å². The van der Waals surface area contributed by atoms with Gasteiger partial charge in [0.1, 0.15) is 18.2 Å². The van der Waals surface area contributed by atoms with Crippen LogP contribution in [-0.2, 0) is 0 Å². The summed E-state index contributed by atoms with van der Waals surface area (Å²) >= 11 is 0. The van der Waals surface area contributed by atoms with Crippen LogP contribution in [0.3, 0.4) is 0 Å². The number of urea groups is 1. The summed E-state index contributed by atoms with van der Waals surface area (Å²) in [7, 11) is 0. The molecule has 2 aromatic rings. The minimum absolute atomic E-state index is 0.0322. The molecule has 1 aliphatic heterocycles. The average molecular weight is 354 g/mol. The topological polar surface area (TPSA) is 57.7 Å².